The van der Waals surface area contributed by atoms with E-state index in [2.05, 4.69) is 0 Å². The average molecular weight is 182 g/mol. The Morgan fingerprint density at radius 2 is 2.23 bits per heavy atom. The Labute approximate surface area is 77.6 Å². The van der Waals surface area contributed by atoms with Crippen LogP contribution in [0.15, 0.2) is 24.3 Å². The van der Waals surface area contributed by atoms with E-state index in [1.54, 1.807) is 13.2 Å². The quantitative estimate of drug-likeness (QED) is 0.733. The molecule has 0 heterocycles. The van der Waals surface area contributed by atoms with Crippen LogP contribution in [0.4, 0.5) is 0 Å². The fourth-order valence-corrected chi connectivity index (χ4v) is 1.14. The van der Waals surface area contributed by atoms with Crippen LogP contribution in [0.25, 0.3) is 0 Å². The highest BCUT2D eigenvalue weighted by atomic mass is 16.5. The molecule has 72 valence electrons. The van der Waals surface area contributed by atoms with Crippen molar-refractivity contribution in [2.45, 2.75) is 12.5 Å². The van der Waals surface area contributed by atoms with Crippen LogP contribution in [0.5, 0.6) is 5.75 Å². The minimum absolute atomic E-state index is 0.0155. The molecule has 0 radical (unpaired) electrons. The van der Waals surface area contributed by atoms with Crippen molar-refractivity contribution >= 4 is 0 Å². The second kappa shape index (κ2) is 4.84. The van der Waals surface area contributed by atoms with Gasteiger partial charge in [-0.1, -0.05) is 12.1 Å². The summed E-state index contributed by atoms with van der Waals surface area (Å²) in [6, 6.07) is 7.20. The van der Waals surface area contributed by atoms with Gasteiger partial charge in [0.25, 0.3) is 0 Å². The van der Waals surface area contributed by atoms with Crippen LogP contribution < -0.4 is 4.74 Å². The first-order valence-corrected chi connectivity index (χ1v) is 4.21. The predicted molar refractivity (Wildman–Crippen MR) is 49.7 cm³/mol. The van der Waals surface area contributed by atoms with Gasteiger partial charge in [-0.25, -0.2) is 0 Å². The van der Waals surface area contributed by atoms with E-state index in [9.17, 15) is 5.11 Å². The number of methoxy groups -OCH3 is 1. The van der Waals surface area contributed by atoms with Gasteiger partial charge in [0.15, 0.2) is 0 Å². The first kappa shape index (κ1) is 10.0. The molecule has 1 unspecified atom stereocenters. The lowest BCUT2D eigenvalue weighted by Crippen LogP contribution is -2.00. The highest BCUT2D eigenvalue weighted by Crippen LogP contribution is 2.20. The fraction of sp³-hybridized carbons (Fsp3) is 0.400. The number of hydrogen-bond donors (Lipinski definition) is 2. The van der Waals surface area contributed by atoms with Crippen molar-refractivity contribution < 1.29 is 14.9 Å². The van der Waals surface area contributed by atoms with Gasteiger partial charge >= 0.3 is 0 Å². The zero-order valence-electron chi connectivity index (χ0n) is 7.60. The molecule has 3 heteroatoms. The Bertz CT molecular complexity index is 260. The first-order chi connectivity index (χ1) is 6.27. The van der Waals surface area contributed by atoms with Gasteiger partial charge in [0, 0.05) is 13.0 Å². The van der Waals surface area contributed by atoms with Gasteiger partial charge in [0.05, 0.1) is 13.2 Å². The molecule has 0 fully saturated rings. The molecule has 0 aliphatic rings. The zero-order valence-corrected chi connectivity index (χ0v) is 7.60. The summed E-state index contributed by atoms with van der Waals surface area (Å²) in [6.45, 7) is -0.0155. The summed E-state index contributed by atoms with van der Waals surface area (Å²) in [5, 5.41) is 18.2. The number of rotatable bonds is 4. The van der Waals surface area contributed by atoms with E-state index in [1.807, 2.05) is 18.2 Å². The molecule has 0 saturated heterocycles. The molecule has 3 nitrogen and oxygen atoms in total. The Kier molecular flexibility index (Phi) is 3.73. The van der Waals surface area contributed by atoms with Gasteiger partial charge in [-0.15, -0.1) is 0 Å². The molecular formula is C10H14O3. The molecule has 0 amide bonds. The largest absolute Gasteiger partial charge is 0.497 e. The van der Waals surface area contributed by atoms with Gasteiger partial charge in [0.2, 0.25) is 0 Å². The van der Waals surface area contributed by atoms with E-state index in [1.165, 1.54) is 0 Å². The molecule has 13 heavy (non-hydrogen) atoms. The topological polar surface area (TPSA) is 49.7 Å². The van der Waals surface area contributed by atoms with Crippen molar-refractivity contribution in [3.8, 4) is 5.75 Å². The highest BCUT2D eigenvalue weighted by Gasteiger charge is 2.06. The number of aliphatic hydroxyl groups is 2. The van der Waals surface area contributed by atoms with Gasteiger partial charge < -0.3 is 14.9 Å². The van der Waals surface area contributed by atoms with Gasteiger partial charge in [0.1, 0.15) is 5.75 Å². The van der Waals surface area contributed by atoms with E-state index in [0.29, 0.717) is 6.42 Å². The molecule has 0 spiro atoms. The number of ether oxygens (including phenoxy) is 1. The first-order valence-electron chi connectivity index (χ1n) is 4.21. The highest BCUT2D eigenvalue weighted by molar-refractivity contribution is 5.29. The van der Waals surface area contributed by atoms with Crippen LogP contribution >= 0.6 is 0 Å². The third-order valence-electron chi connectivity index (χ3n) is 1.88. The number of aliphatic hydroxyl groups excluding tert-OH is 2. The minimum atomic E-state index is -0.611. The summed E-state index contributed by atoms with van der Waals surface area (Å²) in [4.78, 5) is 0. The van der Waals surface area contributed by atoms with Crippen LogP contribution in [0.3, 0.4) is 0 Å². The summed E-state index contributed by atoms with van der Waals surface area (Å²) in [6.07, 6.45) is -0.257. The summed E-state index contributed by atoms with van der Waals surface area (Å²) in [5.74, 6) is 0.717. The normalized spacial score (nSPS) is 12.5. The van der Waals surface area contributed by atoms with Crippen molar-refractivity contribution in [3.63, 3.8) is 0 Å². The lowest BCUT2D eigenvalue weighted by Gasteiger charge is -2.10. The zero-order chi connectivity index (χ0) is 9.68. The summed E-state index contributed by atoms with van der Waals surface area (Å²) >= 11 is 0. The van der Waals surface area contributed by atoms with E-state index >= 15 is 0 Å². The van der Waals surface area contributed by atoms with E-state index in [4.69, 9.17) is 9.84 Å². The lowest BCUT2D eigenvalue weighted by atomic mass is 10.1. The molecule has 1 rings (SSSR count). The van der Waals surface area contributed by atoms with Crippen LogP contribution in [-0.2, 0) is 0 Å². The van der Waals surface area contributed by atoms with E-state index in [-0.39, 0.29) is 6.61 Å². The third kappa shape index (κ3) is 2.72. The molecule has 0 aliphatic heterocycles. The van der Waals surface area contributed by atoms with Crippen LogP contribution in [-0.4, -0.2) is 23.9 Å². The maximum absolute atomic E-state index is 9.52. The minimum Gasteiger partial charge on any atom is -0.497 e. The standard InChI is InChI=1S/C10H14O3/c1-13-9-4-2-3-8(7-9)10(12)5-6-11/h2-4,7,10-12H,5-6H2,1H3. The predicted octanol–water partition coefficient (Wildman–Crippen LogP) is 1.11. The SMILES string of the molecule is COc1cccc(C(O)CCO)c1. The number of hydrogen-bond acceptors (Lipinski definition) is 3. The Hall–Kier alpha value is -1.06. The van der Waals surface area contributed by atoms with Crippen molar-refractivity contribution in [2.24, 2.45) is 0 Å². The number of benzene rings is 1. The van der Waals surface area contributed by atoms with Gasteiger partial charge in [-0.3, -0.25) is 0 Å². The lowest BCUT2D eigenvalue weighted by molar-refractivity contribution is 0.134. The van der Waals surface area contributed by atoms with Crippen LogP contribution in [0.1, 0.15) is 18.1 Å². The molecule has 1 atom stereocenters. The smallest absolute Gasteiger partial charge is 0.119 e. The summed E-state index contributed by atoms with van der Waals surface area (Å²) in [7, 11) is 1.58. The van der Waals surface area contributed by atoms with Crippen LogP contribution in [0, 0.1) is 0 Å². The molecule has 0 bridgehead atoms. The average Bonchev–Trinajstić information content (AvgIpc) is 2.18. The molecule has 0 saturated carbocycles. The summed E-state index contributed by atoms with van der Waals surface area (Å²) < 4.78 is 5.01. The molecule has 1 aromatic rings. The molecule has 2 N–H and O–H groups in total. The maximum atomic E-state index is 9.52. The van der Waals surface area contributed by atoms with E-state index in [0.717, 1.165) is 11.3 Å². The monoisotopic (exact) mass is 182 g/mol. The second-order valence-electron chi connectivity index (χ2n) is 2.80. The second-order valence-corrected chi connectivity index (χ2v) is 2.80. The summed E-state index contributed by atoms with van der Waals surface area (Å²) in [5.41, 5.74) is 0.772. The van der Waals surface area contributed by atoms with Gasteiger partial charge in [-0.2, -0.15) is 0 Å². The molecular weight excluding hydrogens is 168 g/mol. The van der Waals surface area contributed by atoms with Gasteiger partial charge in [-0.05, 0) is 17.7 Å². The van der Waals surface area contributed by atoms with Crippen molar-refractivity contribution in [1.82, 2.24) is 0 Å². The fourth-order valence-electron chi connectivity index (χ4n) is 1.14. The Morgan fingerprint density at radius 1 is 1.46 bits per heavy atom. The molecule has 1 aromatic carbocycles. The van der Waals surface area contributed by atoms with Crippen LogP contribution in [0.2, 0.25) is 0 Å². The van der Waals surface area contributed by atoms with Crippen molar-refractivity contribution in [1.29, 1.82) is 0 Å². The Balaban J connectivity index is 2.75. The van der Waals surface area contributed by atoms with E-state index < -0.39 is 6.10 Å². The van der Waals surface area contributed by atoms with Crippen molar-refractivity contribution in [2.75, 3.05) is 13.7 Å². The third-order valence-corrected chi connectivity index (χ3v) is 1.88. The maximum Gasteiger partial charge on any atom is 0.119 e. The Morgan fingerprint density at radius 3 is 2.85 bits per heavy atom. The molecule has 0 aromatic heterocycles. The molecule has 0 aliphatic carbocycles. The van der Waals surface area contributed by atoms with Crippen molar-refractivity contribution in [3.05, 3.63) is 29.8 Å².